The molecule has 0 aliphatic carbocycles. The van der Waals surface area contributed by atoms with E-state index in [2.05, 4.69) is 72.1 Å². The highest BCUT2D eigenvalue weighted by molar-refractivity contribution is 6.09. The maximum Gasteiger partial charge on any atom is 0.234 e. The number of para-hydroxylation sites is 2. The Morgan fingerprint density at radius 2 is 1.38 bits per heavy atom. The van der Waals surface area contributed by atoms with E-state index in [4.69, 9.17) is 4.74 Å². The highest BCUT2D eigenvalue weighted by Gasteiger charge is 2.17. The molecule has 4 heterocycles. The first-order valence-electron chi connectivity index (χ1n) is 12.0. The number of rotatable bonds is 5. The molecule has 0 saturated heterocycles. The molecule has 0 N–H and O–H groups in total. The van der Waals surface area contributed by atoms with Crippen molar-refractivity contribution in [3.8, 4) is 17.4 Å². The lowest BCUT2D eigenvalue weighted by Gasteiger charge is -2.21. The van der Waals surface area contributed by atoms with Gasteiger partial charge < -0.3 is 14.5 Å². The lowest BCUT2D eigenvalue weighted by atomic mass is 10.1. The van der Waals surface area contributed by atoms with E-state index in [9.17, 15) is 0 Å². The van der Waals surface area contributed by atoms with Crippen LogP contribution in [0.2, 0.25) is 0 Å². The summed E-state index contributed by atoms with van der Waals surface area (Å²) < 4.78 is 8.37. The Bertz CT molecular complexity index is 1750. The van der Waals surface area contributed by atoms with Crippen molar-refractivity contribution in [3.05, 3.63) is 122 Å². The summed E-state index contributed by atoms with van der Waals surface area (Å²) in [6.07, 6.45) is 11.2. The predicted octanol–water partition coefficient (Wildman–Crippen LogP) is 6.52. The molecule has 0 amide bonds. The van der Waals surface area contributed by atoms with E-state index in [1.165, 1.54) is 0 Å². The van der Waals surface area contributed by atoms with Gasteiger partial charge in [0.2, 0.25) is 5.95 Å². The van der Waals surface area contributed by atoms with Crippen molar-refractivity contribution < 1.29 is 4.74 Å². The highest BCUT2D eigenvalue weighted by Crippen LogP contribution is 2.35. The molecule has 1 aliphatic heterocycles. The predicted molar refractivity (Wildman–Crippen MR) is 146 cm³/mol. The molecule has 178 valence electrons. The van der Waals surface area contributed by atoms with Crippen LogP contribution in [0.4, 0.5) is 11.4 Å². The number of nitrogens with zero attached hydrogens (tertiary/aromatic N) is 6. The Morgan fingerprint density at radius 1 is 0.622 bits per heavy atom. The van der Waals surface area contributed by atoms with Crippen LogP contribution in [0, 0.1) is 0 Å². The molecule has 0 fully saturated rings. The average molecular weight is 483 g/mol. The molecular formula is C30H22N6O. The summed E-state index contributed by atoms with van der Waals surface area (Å²) in [5.74, 6) is 2.01. The molecule has 7 nitrogen and oxygen atoms in total. The molecule has 0 atom stereocenters. The van der Waals surface area contributed by atoms with Crippen LogP contribution in [0.15, 0.2) is 122 Å². The average Bonchev–Trinajstić information content (AvgIpc) is 3.58. The third kappa shape index (κ3) is 3.83. The van der Waals surface area contributed by atoms with E-state index in [0.717, 1.165) is 33.2 Å². The van der Waals surface area contributed by atoms with Gasteiger partial charge in [-0.2, -0.15) is 0 Å². The summed E-state index contributed by atoms with van der Waals surface area (Å²) in [5, 5.41) is 2.26. The van der Waals surface area contributed by atoms with Gasteiger partial charge >= 0.3 is 0 Å². The standard InChI is InChI=1S/C30H22N6O/c1-2-7-22(8-3-1)34-15-16-35(21-34)23-17-25(20-31-19-23)37-24-11-12-27-26-9-4-5-10-28(26)36(29(27)18-24)30-32-13-6-14-33-30/h1-20H,21H2. The second kappa shape index (κ2) is 8.80. The number of hydrogen-bond acceptors (Lipinski definition) is 6. The third-order valence-corrected chi connectivity index (χ3v) is 6.48. The van der Waals surface area contributed by atoms with Gasteiger partial charge in [0, 0.05) is 53.4 Å². The van der Waals surface area contributed by atoms with Crippen LogP contribution in [0.25, 0.3) is 27.8 Å². The van der Waals surface area contributed by atoms with Crippen molar-refractivity contribution in [2.24, 2.45) is 0 Å². The van der Waals surface area contributed by atoms with Crippen molar-refractivity contribution in [1.29, 1.82) is 0 Å². The first-order chi connectivity index (χ1) is 18.3. The van der Waals surface area contributed by atoms with Crippen molar-refractivity contribution >= 4 is 33.2 Å². The van der Waals surface area contributed by atoms with Gasteiger partial charge in [-0.15, -0.1) is 0 Å². The van der Waals surface area contributed by atoms with E-state index in [0.29, 0.717) is 24.1 Å². The van der Waals surface area contributed by atoms with Gasteiger partial charge in [0.1, 0.15) is 11.5 Å². The Hall–Kier alpha value is -5.17. The van der Waals surface area contributed by atoms with Gasteiger partial charge in [-0.1, -0.05) is 36.4 Å². The minimum absolute atomic E-state index is 0.623. The quantitative estimate of drug-likeness (QED) is 0.279. The van der Waals surface area contributed by atoms with Crippen LogP contribution in [0.3, 0.4) is 0 Å². The van der Waals surface area contributed by atoms with Crippen LogP contribution in [0.1, 0.15) is 0 Å². The summed E-state index contributed by atoms with van der Waals surface area (Å²) >= 11 is 0. The zero-order valence-corrected chi connectivity index (χ0v) is 19.8. The third-order valence-electron chi connectivity index (χ3n) is 6.48. The normalized spacial score (nSPS) is 13.1. The van der Waals surface area contributed by atoms with Gasteiger partial charge in [0.05, 0.1) is 35.8 Å². The first kappa shape index (κ1) is 21.1. The number of hydrogen-bond donors (Lipinski definition) is 0. The lowest BCUT2D eigenvalue weighted by Crippen LogP contribution is -2.24. The van der Waals surface area contributed by atoms with Gasteiger partial charge in [0.25, 0.3) is 0 Å². The fourth-order valence-corrected chi connectivity index (χ4v) is 4.77. The van der Waals surface area contributed by atoms with Crippen LogP contribution in [-0.4, -0.2) is 26.2 Å². The molecule has 7 rings (SSSR count). The Balaban J connectivity index is 1.21. The largest absolute Gasteiger partial charge is 0.456 e. The van der Waals surface area contributed by atoms with Gasteiger partial charge in [-0.25, -0.2) is 9.97 Å². The fraction of sp³-hybridized carbons (Fsp3) is 0.0333. The molecule has 7 heteroatoms. The molecule has 6 aromatic rings. The molecule has 3 aromatic carbocycles. The number of benzene rings is 3. The number of ether oxygens (including phenoxy) is 1. The van der Waals surface area contributed by atoms with Crippen molar-refractivity contribution in [3.63, 3.8) is 0 Å². The number of pyridine rings is 1. The van der Waals surface area contributed by atoms with Crippen LogP contribution in [0.5, 0.6) is 11.5 Å². The second-order valence-electron chi connectivity index (χ2n) is 8.78. The van der Waals surface area contributed by atoms with E-state index in [1.54, 1.807) is 18.6 Å². The van der Waals surface area contributed by atoms with Crippen LogP contribution >= 0.6 is 0 Å². The van der Waals surface area contributed by atoms with Gasteiger partial charge in [0.15, 0.2) is 0 Å². The van der Waals surface area contributed by atoms with E-state index in [1.807, 2.05) is 60.8 Å². The lowest BCUT2D eigenvalue weighted by molar-refractivity contribution is 0.481. The molecular weight excluding hydrogens is 460 g/mol. The maximum absolute atomic E-state index is 6.30. The van der Waals surface area contributed by atoms with Crippen molar-refractivity contribution in [2.45, 2.75) is 0 Å². The monoisotopic (exact) mass is 482 g/mol. The Morgan fingerprint density at radius 3 is 2.24 bits per heavy atom. The number of fused-ring (bicyclic) bond motifs is 3. The van der Waals surface area contributed by atoms with Crippen LogP contribution < -0.4 is 14.5 Å². The highest BCUT2D eigenvalue weighted by atomic mass is 16.5. The molecule has 0 unspecified atom stereocenters. The first-order valence-corrected chi connectivity index (χ1v) is 12.0. The molecule has 0 radical (unpaired) electrons. The SMILES string of the molecule is C1=CN(c2cncc(Oc3ccc4c5ccccc5n(-c5ncccn5)c4c3)c2)CN1c1ccccc1. The van der Waals surface area contributed by atoms with Crippen molar-refractivity contribution in [2.75, 3.05) is 16.5 Å². The Kier molecular flexibility index (Phi) is 5.03. The fourth-order valence-electron chi connectivity index (χ4n) is 4.77. The minimum Gasteiger partial charge on any atom is -0.456 e. The zero-order chi connectivity index (χ0) is 24.6. The molecule has 0 spiro atoms. The Labute approximate surface area is 213 Å². The molecule has 0 bridgehead atoms. The molecule has 1 aliphatic rings. The summed E-state index contributed by atoms with van der Waals surface area (Å²) in [7, 11) is 0. The van der Waals surface area contributed by atoms with E-state index in [-0.39, 0.29) is 0 Å². The summed E-state index contributed by atoms with van der Waals surface area (Å²) in [6.45, 7) is 0.707. The molecule has 3 aromatic heterocycles. The second-order valence-corrected chi connectivity index (χ2v) is 8.78. The molecule has 37 heavy (non-hydrogen) atoms. The topological polar surface area (TPSA) is 59.3 Å². The smallest absolute Gasteiger partial charge is 0.234 e. The van der Waals surface area contributed by atoms with E-state index < -0.39 is 0 Å². The number of anilines is 2. The zero-order valence-electron chi connectivity index (χ0n) is 19.8. The van der Waals surface area contributed by atoms with Crippen molar-refractivity contribution in [1.82, 2.24) is 19.5 Å². The minimum atomic E-state index is 0.623. The van der Waals surface area contributed by atoms with Gasteiger partial charge in [-0.05, 0) is 36.4 Å². The number of aromatic nitrogens is 4. The van der Waals surface area contributed by atoms with Crippen LogP contribution in [-0.2, 0) is 0 Å². The molecule has 0 saturated carbocycles. The summed E-state index contributed by atoms with van der Waals surface area (Å²) in [5.41, 5.74) is 4.14. The maximum atomic E-state index is 6.30. The summed E-state index contributed by atoms with van der Waals surface area (Å²) in [4.78, 5) is 17.8. The summed E-state index contributed by atoms with van der Waals surface area (Å²) in [6, 6.07) is 28.5. The van der Waals surface area contributed by atoms with Gasteiger partial charge in [-0.3, -0.25) is 9.55 Å². The van der Waals surface area contributed by atoms with E-state index >= 15 is 0 Å².